The molecule has 3 fully saturated rings. The Labute approximate surface area is 98.5 Å². The van der Waals surface area contributed by atoms with Crippen LogP contribution < -0.4 is 5.32 Å². The van der Waals surface area contributed by atoms with E-state index >= 15 is 0 Å². The highest BCUT2D eigenvalue weighted by molar-refractivity contribution is 5.01. The van der Waals surface area contributed by atoms with Gasteiger partial charge < -0.3 is 10.1 Å². The molecule has 92 valence electrons. The van der Waals surface area contributed by atoms with E-state index in [9.17, 15) is 0 Å². The highest BCUT2D eigenvalue weighted by Gasteiger charge is 2.44. The Morgan fingerprint density at radius 3 is 2.88 bits per heavy atom. The summed E-state index contributed by atoms with van der Waals surface area (Å²) in [5.41, 5.74) is 0.374. The van der Waals surface area contributed by atoms with Gasteiger partial charge in [-0.05, 0) is 51.6 Å². The molecule has 0 aromatic heterocycles. The molecule has 0 spiro atoms. The standard InChI is InChI=1S/C13H24N2O/c1-13(11-3-4-11)10-15(7-2-6-14-13)12-5-8-16-9-12/h11-12,14H,2-10H2,1H3. The highest BCUT2D eigenvalue weighted by atomic mass is 16.5. The van der Waals surface area contributed by atoms with Crippen LogP contribution in [0.5, 0.6) is 0 Å². The summed E-state index contributed by atoms with van der Waals surface area (Å²) in [7, 11) is 0. The van der Waals surface area contributed by atoms with Crippen molar-refractivity contribution in [2.24, 2.45) is 5.92 Å². The Kier molecular flexibility index (Phi) is 2.94. The summed E-state index contributed by atoms with van der Waals surface area (Å²) in [6, 6.07) is 0.693. The third-order valence-corrected chi connectivity index (χ3v) is 4.58. The molecule has 3 nitrogen and oxygen atoms in total. The number of nitrogens with one attached hydrogen (secondary N) is 1. The molecule has 3 heteroatoms. The van der Waals surface area contributed by atoms with Gasteiger partial charge in [-0.3, -0.25) is 4.90 Å². The van der Waals surface area contributed by atoms with Crippen LogP contribution in [0.25, 0.3) is 0 Å². The zero-order valence-electron chi connectivity index (χ0n) is 10.4. The molecule has 2 heterocycles. The fourth-order valence-corrected chi connectivity index (χ4v) is 3.33. The second-order valence-electron chi connectivity index (χ2n) is 5.96. The van der Waals surface area contributed by atoms with Crippen molar-refractivity contribution in [3.8, 4) is 0 Å². The first-order valence-corrected chi connectivity index (χ1v) is 6.85. The molecule has 0 amide bonds. The van der Waals surface area contributed by atoms with E-state index < -0.39 is 0 Å². The lowest BCUT2D eigenvalue weighted by Gasteiger charge is -2.36. The van der Waals surface area contributed by atoms with Crippen molar-refractivity contribution in [2.45, 2.75) is 44.2 Å². The molecule has 1 N–H and O–H groups in total. The molecule has 3 aliphatic rings. The van der Waals surface area contributed by atoms with E-state index in [4.69, 9.17) is 4.74 Å². The SMILES string of the molecule is CC1(C2CC2)CN(C2CCOC2)CCCN1. The van der Waals surface area contributed by atoms with Crippen LogP contribution in [0.2, 0.25) is 0 Å². The lowest BCUT2D eigenvalue weighted by Crippen LogP contribution is -2.53. The monoisotopic (exact) mass is 224 g/mol. The molecule has 16 heavy (non-hydrogen) atoms. The molecule has 0 bridgehead atoms. The van der Waals surface area contributed by atoms with Crippen LogP contribution in [0.4, 0.5) is 0 Å². The molecule has 1 aliphatic carbocycles. The van der Waals surface area contributed by atoms with Gasteiger partial charge in [0.2, 0.25) is 0 Å². The first-order valence-electron chi connectivity index (χ1n) is 6.85. The number of ether oxygens (including phenoxy) is 1. The van der Waals surface area contributed by atoms with Gasteiger partial charge in [-0.15, -0.1) is 0 Å². The summed E-state index contributed by atoms with van der Waals surface area (Å²) in [6.07, 6.45) is 5.39. The van der Waals surface area contributed by atoms with Gasteiger partial charge in [0.1, 0.15) is 0 Å². The van der Waals surface area contributed by atoms with E-state index in [0.29, 0.717) is 11.6 Å². The van der Waals surface area contributed by atoms with Crippen LogP contribution in [0.3, 0.4) is 0 Å². The summed E-state index contributed by atoms with van der Waals surface area (Å²) in [6.45, 7) is 8.03. The van der Waals surface area contributed by atoms with Crippen molar-refractivity contribution >= 4 is 0 Å². The van der Waals surface area contributed by atoms with Gasteiger partial charge in [0.15, 0.2) is 0 Å². The third kappa shape index (κ3) is 2.13. The van der Waals surface area contributed by atoms with Crippen molar-refractivity contribution in [3.63, 3.8) is 0 Å². The van der Waals surface area contributed by atoms with Gasteiger partial charge >= 0.3 is 0 Å². The summed E-state index contributed by atoms with van der Waals surface area (Å²) in [5, 5.41) is 3.79. The smallest absolute Gasteiger partial charge is 0.0622 e. The van der Waals surface area contributed by atoms with Crippen molar-refractivity contribution < 1.29 is 4.74 Å². The highest BCUT2D eigenvalue weighted by Crippen LogP contribution is 2.41. The molecular weight excluding hydrogens is 200 g/mol. The second kappa shape index (κ2) is 4.28. The summed E-state index contributed by atoms with van der Waals surface area (Å²) in [4.78, 5) is 2.69. The average molecular weight is 224 g/mol. The topological polar surface area (TPSA) is 24.5 Å². The molecule has 0 aromatic rings. The molecule has 1 saturated carbocycles. The van der Waals surface area contributed by atoms with E-state index in [1.807, 2.05) is 0 Å². The van der Waals surface area contributed by atoms with Crippen LogP contribution >= 0.6 is 0 Å². The summed E-state index contributed by atoms with van der Waals surface area (Å²) >= 11 is 0. The minimum atomic E-state index is 0.374. The molecule has 0 radical (unpaired) electrons. The quantitative estimate of drug-likeness (QED) is 0.764. The van der Waals surface area contributed by atoms with Gasteiger partial charge in [0.05, 0.1) is 6.61 Å². The maximum atomic E-state index is 5.53. The minimum Gasteiger partial charge on any atom is -0.380 e. The molecular formula is C13H24N2O. The van der Waals surface area contributed by atoms with Crippen LogP contribution in [-0.2, 0) is 4.74 Å². The van der Waals surface area contributed by atoms with Gasteiger partial charge in [0.25, 0.3) is 0 Å². The molecule has 2 atom stereocenters. The van der Waals surface area contributed by atoms with E-state index in [-0.39, 0.29) is 0 Å². The van der Waals surface area contributed by atoms with E-state index in [1.165, 1.54) is 45.3 Å². The van der Waals surface area contributed by atoms with Crippen LogP contribution in [0.1, 0.15) is 32.6 Å². The number of hydrogen-bond donors (Lipinski definition) is 1. The van der Waals surface area contributed by atoms with Crippen LogP contribution in [-0.4, -0.2) is 49.3 Å². The predicted molar refractivity (Wildman–Crippen MR) is 64.5 cm³/mol. The maximum Gasteiger partial charge on any atom is 0.0622 e. The normalized spacial score (nSPS) is 42.2. The maximum absolute atomic E-state index is 5.53. The zero-order chi connectivity index (χ0) is 11.0. The van der Waals surface area contributed by atoms with Gasteiger partial charge in [0, 0.05) is 24.7 Å². The largest absolute Gasteiger partial charge is 0.380 e. The van der Waals surface area contributed by atoms with Crippen LogP contribution in [0.15, 0.2) is 0 Å². The van der Waals surface area contributed by atoms with Crippen molar-refractivity contribution in [2.75, 3.05) is 32.8 Å². The molecule has 0 aromatic carbocycles. The van der Waals surface area contributed by atoms with Crippen molar-refractivity contribution in [3.05, 3.63) is 0 Å². The van der Waals surface area contributed by atoms with Crippen molar-refractivity contribution in [1.29, 1.82) is 0 Å². The molecule has 2 saturated heterocycles. The van der Waals surface area contributed by atoms with Crippen LogP contribution in [0, 0.1) is 5.92 Å². The first-order chi connectivity index (χ1) is 7.78. The first kappa shape index (κ1) is 11.0. The van der Waals surface area contributed by atoms with Crippen molar-refractivity contribution in [1.82, 2.24) is 10.2 Å². The predicted octanol–water partition coefficient (Wildman–Crippen LogP) is 1.24. The third-order valence-electron chi connectivity index (χ3n) is 4.58. The Bertz CT molecular complexity index is 248. The Hall–Kier alpha value is -0.120. The lowest BCUT2D eigenvalue weighted by molar-refractivity contribution is 0.123. The zero-order valence-corrected chi connectivity index (χ0v) is 10.4. The Balaban J connectivity index is 1.68. The molecule has 3 rings (SSSR count). The minimum absolute atomic E-state index is 0.374. The van der Waals surface area contributed by atoms with Gasteiger partial charge in [-0.2, -0.15) is 0 Å². The number of rotatable bonds is 2. The van der Waals surface area contributed by atoms with E-state index in [1.54, 1.807) is 0 Å². The van der Waals surface area contributed by atoms with Gasteiger partial charge in [-0.1, -0.05) is 0 Å². The Morgan fingerprint density at radius 1 is 1.31 bits per heavy atom. The second-order valence-corrected chi connectivity index (χ2v) is 5.96. The van der Waals surface area contributed by atoms with E-state index in [0.717, 1.165) is 19.1 Å². The fraction of sp³-hybridized carbons (Fsp3) is 1.00. The molecule has 2 unspecified atom stereocenters. The molecule has 2 aliphatic heterocycles. The number of hydrogen-bond acceptors (Lipinski definition) is 3. The lowest BCUT2D eigenvalue weighted by atomic mass is 9.94. The summed E-state index contributed by atoms with van der Waals surface area (Å²) in [5.74, 6) is 0.926. The number of nitrogens with zero attached hydrogens (tertiary/aromatic N) is 1. The van der Waals surface area contributed by atoms with Gasteiger partial charge in [-0.25, -0.2) is 0 Å². The average Bonchev–Trinajstić information content (AvgIpc) is 3.03. The fourth-order valence-electron chi connectivity index (χ4n) is 3.33. The Morgan fingerprint density at radius 2 is 2.19 bits per heavy atom. The van der Waals surface area contributed by atoms with E-state index in [2.05, 4.69) is 17.1 Å². The summed E-state index contributed by atoms with van der Waals surface area (Å²) < 4.78 is 5.53.